The van der Waals surface area contributed by atoms with Crippen molar-refractivity contribution in [2.75, 3.05) is 17.9 Å². The molecule has 32 heavy (non-hydrogen) atoms. The van der Waals surface area contributed by atoms with E-state index in [0.29, 0.717) is 11.4 Å². The molecule has 4 rings (SSSR count). The van der Waals surface area contributed by atoms with Crippen molar-refractivity contribution < 1.29 is 14.5 Å². The van der Waals surface area contributed by atoms with Gasteiger partial charge in [0.05, 0.1) is 23.1 Å². The number of hydrogen-bond acceptors (Lipinski definition) is 9. The number of methoxy groups -OCH3 is 1. The third-order valence-electron chi connectivity index (χ3n) is 4.55. The Bertz CT molecular complexity index is 1310. The van der Waals surface area contributed by atoms with Gasteiger partial charge in [0.2, 0.25) is 11.6 Å². The number of carbonyl (C=O) groups is 1. The maximum Gasteiger partial charge on any atom is 0.355 e. The number of pyridine rings is 1. The van der Waals surface area contributed by atoms with Crippen molar-refractivity contribution in [2.24, 2.45) is 0 Å². The Morgan fingerprint density at radius 2 is 1.81 bits per heavy atom. The first-order valence-corrected chi connectivity index (χ1v) is 9.38. The molecule has 0 saturated carbocycles. The predicted octanol–water partition coefficient (Wildman–Crippen LogP) is 3.44. The van der Waals surface area contributed by atoms with E-state index >= 15 is 0 Å². The normalized spacial score (nSPS) is 10.4. The number of anilines is 3. The zero-order valence-corrected chi connectivity index (χ0v) is 16.8. The molecule has 1 amide bonds. The van der Waals surface area contributed by atoms with Crippen molar-refractivity contribution in [2.45, 2.75) is 0 Å². The van der Waals surface area contributed by atoms with Crippen LogP contribution in [0.5, 0.6) is 5.75 Å². The molecular formula is C21H17N7O4. The highest BCUT2D eigenvalue weighted by Crippen LogP contribution is 2.33. The molecule has 0 bridgehead atoms. The Morgan fingerprint density at radius 3 is 2.62 bits per heavy atom. The number of ether oxygens (including phenoxy) is 1. The van der Waals surface area contributed by atoms with Gasteiger partial charge in [0.25, 0.3) is 5.91 Å². The van der Waals surface area contributed by atoms with E-state index < -0.39 is 16.5 Å². The van der Waals surface area contributed by atoms with Crippen LogP contribution in [0, 0.1) is 10.1 Å². The molecule has 0 unspecified atom stereocenters. The molecule has 0 aliphatic heterocycles. The molecule has 0 aliphatic carbocycles. The maximum absolute atomic E-state index is 12.5. The molecule has 160 valence electrons. The summed E-state index contributed by atoms with van der Waals surface area (Å²) in [5.41, 5.74) is 6.03. The number of hydrazine groups is 1. The van der Waals surface area contributed by atoms with E-state index in [4.69, 9.17) is 4.74 Å². The summed E-state index contributed by atoms with van der Waals surface area (Å²) in [6.45, 7) is 0. The van der Waals surface area contributed by atoms with Gasteiger partial charge in [-0.3, -0.25) is 30.7 Å². The van der Waals surface area contributed by atoms with Gasteiger partial charge in [-0.15, -0.1) is 0 Å². The number of nitrogens with one attached hydrogen (secondary N) is 3. The topological polar surface area (TPSA) is 144 Å². The molecule has 2 heterocycles. The van der Waals surface area contributed by atoms with E-state index in [9.17, 15) is 14.9 Å². The minimum Gasteiger partial charge on any atom is -0.496 e. The Labute approximate surface area is 181 Å². The van der Waals surface area contributed by atoms with Crippen LogP contribution in [0.25, 0.3) is 10.9 Å². The molecule has 0 atom stereocenters. The SMILES string of the molecule is COc1ccccc1C(=O)NNc1ncnc(Nc2cccc3ncccc23)c1[N+](=O)[O-]. The Kier molecular flexibility index (Phi) is 5.70. The van der Waals surface area contributed by atoms with Gasteiger partial charge < -0.3 is 10.1 Å². The second kappa shape index (κ2) is 8.92. The quantitative estimate of drug-likeness (QED) is 0.296. The minimum absolute atomic E-state index is 0.0459. The van der Waals surface area contributed by atoms with Crippen molar-refractivity contribution >= 4 is 39.8 Å². The van der Waals surface area contributed by atoms with Gasteiger partial charge >= 0.3 is 5.69 Å². The average Bonchev–Trinajstić information content (AvgIpc) is 2.82. The Morgan fingerprint density at radius 1 is 1.00 bits per heavy atom. The van der Waals surface area contributed by atoms with Gasteiger partial charge in [0.1, 0.15) is 12.1 Å². The van der Waals surface area contributed by atoms with Crippen LogP contribution in [0.2, 0.25) is 0 Å². The van der Waals surface area contributed by atoms with Gasteiger partial charge in [-0.05, 0) is 36.4 Å². The zero-order chi connectivity index (χ0) is 22.5. The molecule has 0 saturated heterocycles. The largest absolute Gasteiger partial charge is 0.496 e. The fourth-order valence-corrected chi connectivity index (χ4v) is 3.09. The number of fused-ring (bicyclic) bond motifs is 1. The van der Waals surface area contributed by atoms with Crippen LogP contribution in [0.4, 0.5) is 23.0 Å². The molecule has 11 nitrogen and oxygen atoms in total. The third kappa shape index (κ3) is 4.07. The molecule has 0 radical (unpaired) electrons. The van der Waals surface area contributed by atoms with Gasteiger partial charge in [0, 0.05) is 17.3 Å². The smallest absolute Gasteiger partial charge is 0.355 e. The van der Waals surface area contributed by atoms with Gasteiger partial charge in [-0.2, -0.15) is 0 Å². The van der Waals surface area contributed by atoms with Crippen molar-refractivity contribution in [3.05, 3.63) is 82.8 Å². The molecule has 4 aromatic rings. The second-order valence-electron chi connectivity index (χ2n) is 6.46. The monoisotopic (exact) mass is 431 g/mol. The molecule has 3 N–H and O–H groups in total. The number of carbonyl (C=O) groups excluding carboxylic acids is 1. The summed E-state index contributed by atoms with van der Waals surface area (Å²) in [5, 5.41) is 15.5. The molecule has 2 aromatic carbocycles. The third-order valence-corrected chi connectivity index (χ3v) is 4.55. The summed E-state index contributed by atoms with van der Waals surface area (Å²) in [5.74, 6) is -0.426. The van der Waals surface area contributed by atoms with Crippen LogP contribution in [-0.4, -0.2) is 32.9 Å². The predicted molar refractivity (Wildman–Crippen MR) is 118 cm³/mol. The number of rotatable bonds is 7. The van der Waals surface area contributed by atoms with E-state index in [-0.39, 0.29) is 17.2 Å². The van der Waals surface area contributed by atoms with Crippen LogP contribution in [0.15, 0.2) is 67.1 Å². The Balaban J connectivity index is 1.62. The van der Waals surface area contributed by atoms with E-state index in [2.05, 4.69) is 31.1 Å². The highest BCUT2D eigenvalue weighted by molar-refractivity contribution is 5.98. The highest BCUT2D eigenvalue weighted by Gasteiger charge is 2.24. The van der Waals surface area contributed by atoms with Crippen molar-refractivity contribution in [3.8, 4) is 5.75 Å². The lowest BCUT2D eigenvalue weighted by molar-refractivity contribution is -0.383. The van der Waals surface area contributed by atoms with E-state index in [0.717, 1.165) is 17.2 Å². The fraction of sp³-hybridized carbons (Fsp3) is 0.0476. The molecule has 2 aromatic heterocycles. The van der Waals surface area contributed by atoms with Crippen LogP contribution in [0.1, 0.15) is 10.4 Å². The summed E-state index contributed by atoms with van der Waals surface area (Å²) < 4.78 is 5.16. The molecule has 11 heteroatoms. The van der Waals surface area contributed by atoms with Crippen LogP contribution in [-0.2, 0) is 0 Å². The van der Waals surface area contributed by atoms with E-state index in [1.807, 2.05) is 12.1 Å². The number of amides is 1. The fourth-order valence-electron chi connectivity index (χ4n) is 3.09. The summed E-state index contributed by atoms with van der Waals surface area (Å²) >= 11 is 0. The summed E-state index contributed by atoms with van der Waals surface area (Å²) in [6.07, 6.45) is 2.81. The Hall–Kier alpha value is -4.80. The van der Waals surface area contributed by atoms with Crippen LogP contribution < -0.4 is 20.9 Å². The summed E-state index contributed by atoms with van der Waals surface area (Å²) in [7, 11) is 1.44. The first-order valence-electron chi connectivity index (χ1n) is 9.38. The number of para-hydroxylation sites is 1. The lowest BCUT2D eigenvalue weighted by Gasteiger charge is -2.13. The van der Waals surface area contributed by atoms with Gasteiger partial charge in [-0.25, -0.2) is 9.97 Å². The van der Waals surface area contributed by atoms with Crippen molar-refractivity contribution in [3.63, 3.8) is 0 Å². The number of nitrogens with zero attached hydrogens (tertiary/aromatic N) is 4. The number of hydrogen-bond donors (Lipinski definition) is 3. The standard InChI is InChI=1S/C21H17N7O4/c1-32-17-10-3-2-6-14(17)21(29)27-26-20-18(28(30)31)19(23-12-24-20)25-16-9-4-8-15-13(16)7-5-11-22-15/h2-12H,1H3,(H,27,29)(H2,23,24,25,26). The van der Waals surface area contributed by atoms with Crippen LogP contribution >= 0.6 is 0 Å². The summed E-state index contributed by atoms with van der Waals surface area (Å²) in [6, 6.07) is 15.5. The highest BCUT2D eigenvalue weighted by atomic mass is 16.6. The average molecular weight is 431 g/mol. The second-order valence-corrected chi connectivity index (χ2v) is 6.46. The molecular weight excluding hydrogens is 414 g/mol. The molecule has 0 aliphatic rings. The van der Waals surface area contributed by atoms with E-state index in [1.54, 1.807) is 48.7 Å². The zero-order valence-electron chi connectivity index (χ0n) is 16.8. The van der Waals surface area contributed by atoms with Crippen molar-refractivity contribution in [1.82, 2.24) is 20.4 Å². The molecule has 0 fully saturated rings. The maximum atomic E-state index is 12.5. The van der Waals surface area contributed by atoms with Gasteiger partial charge in [-0.1, -0.05) is 18.2 Å². The lowest BCUT2D eigenvalue weighted by Crippen LogP contribution is -2.30. The summed E-state index contributed by atoms with van der Waals surface area (Å²) in [4.78, 5) is 35.9. The van der Waals surface area contributed by atoms with Crippen LogP contribution in [0.3, 0.4) is 0 Å². The number of benzene rings is 2. The van der Waals surface area contributed by atoms with E-state index in [1.165, 1.54) is 7.11 Å². The molecule has 0 spiro atoms. The van der Waals surface area contributed by atoms with Crippen molar-refractivity contribution in [1.29, 1.82) is 0 Å². The number of nitro groups is 1. The van der Waals surface area contributed by atoms with Gasteiger partial charge in [0.15, 0.2) is 0 Å². The minimum atomic E-state index is -0.636. The lowest BCUT2D eigenvalue weighted by atomic mass is 10.2. The first kappa shape index (κ1) is 20.5. The number of aromatic nitrogens is 3. The first-order chi connectivity index (χ1) is 15.6.